The maximum absolute atomic E-state index is 14.3. The molecule has 0 aliphatic rings. The van der Waals surface area contributed by atoms with Crippen LogP contribution in [0.4, 0.5) is 10.1 Å². The van der Waals surface area contributed by atoms with Crippen molar-refractivity contribution in [2.24, 2.45) is 5.73 Å². The third-order valence-electron chi connectivity index (χ3n) is 5.59. The van der Waals surface area contributed by atoms with E-state index in [0.717, 1.165) is 27.8 Å². The fraction of sp³-hybridized carbons (Fsp3) is 0.185. The average Bonchev–Trinajstić information content (AvgIpc) is 2.85. The van der Waals surface area contributed by atoms with Gasteiger partial charge in [-0.1, -0.05) is 6.07 Å². The monoisotopic (exact) mass is 471 g/mol. The quantitative estimate of drug-likeness (QED) is 0.344. The minimum atomic E-state index is -1.65. The summed E-state index contributed by atoms with van der Waals surface area (Å²) in [6.07, 6.45) is 5.32. The second kappa shape index (κ2) is 9.69. The van der Waals surface area contributed by atoms with E-state index in [4.69, 9.17) is 5.73 Å². The molecule has 0 fully saturated rings. The van der Waals surface area contributed by atoms with E-state index >= 15 is 0 Å². The number of carbonyl (C=O) groups is 1. The lowest BCUT2D eigenvalue weighted by molar-refractivity contribution is 0.102. The number of hydrogen-bond acceptors (Lipinski definition) is 6. The van der Waals surface area contributed by atoms with E-state index in [1.165, 1.54) is 26.1 Å². The Labute approximate surface area is 202 Å². The van der Waals surface area contributed by atoms with Crippen LogP contribution in [0.5, 0.6) is 0 Å². The molecule has 0 radical (unpaired) electrons. The van der Waals surface area contributed by atoms with E-state index in [-0.39, 0.29) is 11.6 Å². The summed E-state index contributed by atoms with van der Waals surface area (Å²) in [4.78, 5) is 25.3. The first-order valence-corrected chi connectivity index (χ1v) is 11.0. The van der Waals surface area contributed by atoms with Gasteiger partial charge in [0.05, 0.1) is 11.4 Å². The molecule has 8 heteroatoms. The number of hydrogen-bond donors (Lipinski definition) is 3. The predicted molar refractivity (Wildman–Crippen MR) is 133 cm³/mol. The highest BCUT2D eigenvalue weighted by Crippen LogP contribution is 2.30. The van der Waals surface area contributed by atoms with Gasteiger partial charge in [0.15, 0.2) is 0 Å². The number of aliphatic hydroxyl groups excluding tert-OH is 1. The Morgan fingerprint density at radius 3 is 2.49 bits per heavy atom. The van der Waals surface area contributed by atoms with E-state index in [0.29, 0.717) is 16.9 Å². The first-order valence-electron chi connectivity index (χ1n) is 11.0. The van der Waals surface area contributed by atoms with Crippen LogP contribution in [0, 0.1) is 6.92 Å². The molecule has 4 N–H and O–H groups in total. The number of aliphatic hydroxyl groups is 1. The molecule has 1 aromatic carbocycles. The molecule has 1 unspecified atom stereocenters. The Kier molecular flexibility index (Phi) is 6.68. The van der Waals surface area contributed by atoms with Crippen molar-refractivity contribution in [2.75, 3.05) is 5.32 Å². The molecule has 1 amide bonds. The van der Waals surface area contributed by atoms with Crippen LogP contribution in [-0.2, 0) is 5.67 Å². The maximum atomic E-state index is 14.3. The highest BCUT2D eigenvalue weighted by Gasteiger charge is 2.22. The SMILES string of the molecule is Cc1ccc(NC(=O)c2ccnc(C(C)(C)F)c2)cc1-c1cncc(-c2ccnc(C(N)O)c2)c1. The summed E-state index contributed by atoms with van der Waals surface area (Å²) in [6, 6.07) is 14.1. The van der Waals surface area contributed by atoms with Gasteiger partial charge < -0.3 is 16.2 Å². The highest BCUT2D eigenvalue weighted by atomic mass is 19.1. The number of rotatable bonds is 6. The summed E-state index contributed by atoms with van der Waals surface area (Å²) >= 11 is 0. The third-order valence-corrected chi connectivity index (χ3v) is 5.59. The molecule has 1 atom stereocenters. The van der Waals surface area contributed by atoms with Crippen molar-refractivity contribution in [3.8, 4) is 22.3 Å². The number of pyridine rings is 3. The molecule has 178 valence electrons. The number of aromatic nitrogens is 3. The van der Waals surface area contributed by atoms with Gasteiger partial charge in [0.1, 0.15) is 11.9 Å². The van der Waals surface area contributed by atoms with Crippen molar-refractivity contribution in [1.82, 2.24) is 15.0 Å². The molecule has 0 saturated carbocycles. The van der Waals surface area contributed by atoms with Gasteiger partial charge in [-0.3, -0.25) is 19.7 Å². The van der Waals surface area contributed by atoms with Crippen LogP contribution in [0.2, 0.25) is 0 Å². The first kappa shape index (κ1) is 24.1. The summed E-state index contributed by atoms with van der Waals surface area (Å²) in [5.74, 6) is -0.357. The minimum absolute atomic E-state index is 0.194. The fourth-order valence-electron chi connectivity index (χ4n) is 3.65. The van der Waals surface area contributed by atoms with Gasteiger partial charge in [-0.05, 0) is 79.9 Å². The van der Waals surface area contributed by atoms with E-state index in [1.807, 2.05) is 37.3 Å². The second-order valence-electron chi connectivity index (χ2n) is 8.76. The molecule has 0 aliphatic carbocycles. The number of amides is 1. The molecular weight excluding hydrogens is 445 g/mol. The molecule has 0 saturated heterocycles. The van der Waals surface area contributed by atoms with Crippen LogP contribution in [0.3, 0.4) is 0 Å². The van der Waals surface area contributed by atoms with Crippen LogP contribution in [0.25, 0.3) is 22.3 Å². The summed E-state index contributed by atoms with van der Waals surface area (Å²) in [6.45, 7) is 4.77. The first-order chi connectivity index (χ1) is 16.6. The normalized spacial score (nSPS) is 12.3. The molecule has 3 heterocycles. The molecule has 4 rings (SSSR count). The summed E-state index contributed by atoms with van der Waals surface area (Å²) < 4.78 is 14.3. The second-order valence-corrected chi connectivity index (χ2v) is 8.76. The number of nitrogens with one attached hydrogen (secondary N) is 1. The van der Waals surface area contributed by atoms with Gasteiger partial charge in [0, 0.05) is 47.2 Å². The van der Waals surface area contributed by atoms with Crippen LogP contribution in [0.15, 0.2) is 73.3 Å². The van der Waals surface area contributed by atoms with Crippen molar-refractivity contribution in [1.29, 1.82) is 0 Å². The van der Waals surface area contributed by atoms with E-state index < -0.39 is 11.9 Å². The minimum Gasteiger partial charge on any atom is -0.373 e. The lowest BCUT2D eigenvalue weighted by Gasteiger charge is -2.15. The van der Waals surface area contributed by atoms with Crippen molar-refractivity contribution < 1.29 is 14.3 Å². The number of benzene rings is 1. The molecule has 7 nitrogen and oxygen atoms in total. The Morgan fingerprint density at radius 2 is 1.74 bits per heavy atom. The summed E-state index contributed by atoms with van der Waals surface area (Å²) in [5, 5.41) is 12.5. The molecule has 0 spiro atoms. The van der Waals surface area contributed by atoms with Crippen LogP contribution >= 0.6 is 0 Å². The topological polar surface area (TPSA) is 114 Å². The third kappa shape index (κ3) is 5.56. The van der Waals surface area contributed by atoms with E-state index in [9.17, 15) is 14.3 Å². The summed E-state index contributed by atoms with van der Waals surface area (Å²) in [7, 11) is 0. The highest BCUT2D eigenvalue weighted by molar-refractivity contribution is 6.04. The van der Waals surface area contributed by atoms with Gasteiger partial charge in [0.25, 0.3) is 5.91 Å². The van der Waals surface area contributed by atoms with Crippen LogP contribution in [-0.4, -0.2) is 26.0 Å². The van der Waals surface area contributed by atoms with Gasteiger partial charge in [-0.2, -0.15) is 0 Å². The largest absolute Gasteiger partial charge is 0.373 e. The molecule has 4 aromatic rings. The molecule has 3 aromatic heterocycles. The number of anilines is 1. The number of aryl methyl sites for hydroxylation is 1. The van der Waals surface area contributed by atoms with Crippen LogP contribution in [0.1, 0.15) is 47.4 Å². The lowest BCUT2D eigenvalue weighted by atomic mass is 9.98. The van der Waals surface area contributed by atoms with E-state index in [2.05, 4.69) is 20.3 Å². The van der Waals surface area contributed by atoms with Gasteiger partial charge in [0.2, 0.25) is 0 Å². The molecular formula is C27H26FN5O2. The maximum Gasteiger partial charge on any atom is 0.255 e. The Bertz CT molecular complexity index is 1380. The Morgan fingerprint density at radius 1 is 1.00 bits per heavy atom. The van der Waals surface area contributed by atoms with Crippen molar-refractivity contribution >= 4 is 11.6 Å². The van der Waals surface area contributed by atoms with Crippen molar-refractivity contribution in [2.45, 2.75) is 32.7 Å². The Hall–Kier alpha value is -4.01. The van der Waals surface area contributed by atoms with E-state index in [1.54, 1.807) is 30.7 Å². The zero-order valence-corrected chi connectivity index (χ0v) is 19.7. The number of carbonyl (C=O) groups excluding carboxylic acids is 1. The molecule has 0 bridgehead atoms. The number of nitrogens with two attached hydrogens (primary N) is 1. The standard InChI is InChI=1S/C27H26FN5O2/c1-16-4-5-21(33-26(35)18-7-9-32-24(12-18)27(2,3)28)13-22(16)20-10-19(14-30-15-20)17-6-8-31-23(11-17)25(29)34/h4-15,25,34H,29H2,1-3H3,(H,33,35). The van der Waals surface area contributed by atoms with Gasteiger partial charge in [-0.25, -0.2) is 4.39 Å². The smallest absolute Gasteiger partial charge is 0.255 e. The van der Waals surface area contributed by atoms with Crippen LogP contribution < -0.4 is 11.1 Å². The fourth-order valence-corrected chi connectivity index (χ4v) is 3.65. The van der Waals surface area contributed by atoms with Crippen molar-refractivity contribution in [3.05, 3.63) is 95.8 Å². The lowest BCUT2D eigenvalue weighted by Crippen LogP contribution is -2.16. The average molecular weight is 472 g/mol. The predicted octanol–water partition coefficient (Wildman–Crippen LogP) is 4.92. The number of nitrogens with zero attached hydrogens (tertiary/aromatic N) is 3. The number of halogens is 1. The van der Waals surface area contributed by atoms with Gasteiger partial charge >= 0.3 is 0 Å². The summed E-state index contributed by atoms with van der Waals surface area (Å²) in [5.41, 5.74) is 9.78. The molecule has 35 heavy (non-hydrogen) atoms. The zero-order chi connectivity index (χ0) is 25.2. The van der Waals surface area contributed by atoms with Crippen molar-refractivity contribution in [3.63, 3.8) is 0 Å². The molecule has 0 aliphatic heterocycles. The zero-order valence-electron chi connectivity index (χ0n) is 19.7. The number of alkyl halides is 1. The van der Waals surface area contributed by atoms with Gasteiger partial charge in [-0.15, -0.1) is 0 Å². The Balaban J connectivity index is 1.63.